The molecule has 1 amide bonds. The maximum absolute atomic E-state index is 13.0. The maximum atomic E-state index is 13.0. The van der Waals surface area contributed by atoms with E-state index < -0.39 is 0 Å². The molecule has 1 fully saturated rings. The van der Waals surface area contributed by atoms with E-state index in [2.05, 4.69) is 32.6 Å². The van der Waals surface area contributed by atoms with Gasteiger partial charge in [-0.1, -0.05) is 26.7 Å². The zero-order valence-corrected chi connectivity index (χ0v) is 13.2. The molecule has 0 bridgehead atoms. The third-order valence-corrected chi connectivity index (χ3v) is 4.30. The Balaban J connectivity index is 2.84. The molecular weight excluding hydrogens is 236 g/mol. The van der Waals surface area contributed by atoms with Gasteiger partial charge < -0.3 is 10.6 Å². The highest BCUT2D eigenvalue weighted by Gasteiger charge is 2.43. The Morgan fingerprint density at radius 1 is 1.21 bits per heavy atom. The van der Waals surface area contributed by atoms with Crippen LogP contribution in [0.15, 0.2) is 0 Å². The Labute approximate surface area is 118 Å². The first-order chi connectivity index (χ1) is 8.93. The molecule has 0 atom stereocenters. The van der Waals surface area contributed by atoms with Crippen molar-refractivity contribution in [2.45, 2.75) is 72.3 Å². The third-order valence-electron chi connectivity index (χ3n) is 4.30. The summed E-state index contributed by atoms with van der Waals surface area (Å²) >= 11 is 0. The first-order valence-electron chi connectivity index (χ1n) is 7.94. The molecule has 0 radical (unpaired) electrons. The van der Waals surface area contributed by atoms with Crippen molar-refractivity contribution in [3.8, 4) is 0 Å². The first kappa shape index (κ1) is 16.5. The molecule has 19 heavy (non-hydrogen) atoms. The fourth-order valence-electron chi connectivity index (χ4n) is 3.50. The lowest BCUT2D eigenvalue weighted by Gasteiger charge is -2.38. The summed E-state index contributed by atoms with van der Waals surface area (Å²) in [5, 5.41) is 0. The lowest BCUT2D eigenvalue weighted by molar-refractivity contribution is -0.144. The molecule has 0 heterocycles. The zero-order chi connectivity index (χ0) is 14.5. The quantitative estimate of drug-likeness (QED) is 0.771. The number of hydrogen-bond acceptors (Lipinski definition) is 2. The van der Waals surface area contributed by atoms with E-state index in [4.69, 9.17) is 5.73 Å². The number of hydrogen-bond donors (Lipinski definition) is 1. The highest BCUT2D eigenvalue weighted by molar-refractivity contribution is 5.83. The van der Waals surface area contributed by atoms with Crippen LogP contribution in [-0.4, -0.2) is 29.9 Å². The average molecular weight is 268 g/mol. The Kier molecular flexibility index (Phi) is 6.31. The SMILES string of the molecule is CC(C)CC1(C(=O)N(CCCN)C(C)C)CCCC1. The molecule has 0 unspecified atom stereocenters. The summed E-state index contributed by atoms with van der Waals surface area (Å²) in [6, 6.07) is 0.281. The highest BCUT2D eigenvalue weighted by atomic mass is 16.2. The number of carbonyl (C=O) groups excluding carboxylic acids is 1. The second kappa shape index (κ2) is 7.28. The Morgan fingerprint density at radius 2 is 1.79 bits per heavy atom. The van der Waals surface area contributed by atoms with Crippen molar-refractivity contribution in [3.63, 3.8) is 0 Å². The summed E-state index contributed by atoms with van der Waals surface area (Å²) < 4.78 is 0. The molecule has 0 spiro atoms. The molecule has 1 saturated carbocycles. The second-order valence-electron chi connectivity index (χ2n) is 6.82. The summed E-state index contributed by atoms with van der Waals surface area (Å²) in [4.78, 5) is 15.1. The van der Waals surface area contributed by atoms with Crippen molar-refractivity contribution >= 4 is 5.91 Å². The highest BCUT2D eigenvalue weighted by Crippen LogP contribution is 2.44. The van der Waals surface area contributed by atoms with Crippen molar-refractivity contribution in [2.75, 3.05) is 13.1 Å². The molecule has 0 aromatic rings. The Bertz CT molecular complexity index is 280. The van der Waals surface area contributed by atoms with Crippen LogP contribution in [0, 0.1) is 11.3 Å². The first-order valence-corrected chi connectivity index (χ1v) is 7.94. The van der Waals surface area contributed by atoms with Crippen molar-refractivity contribution in [3.05, 3.63) is 0 Å². The van der Waals surface area contributed by atoms with Crippen LogP contribution in [0.2, 0.25) is 0 Å². The van der Waals surface area contributed by atoms with Crippen LogP contribution in [0.25, 0.3) is 0 Å². The third kappa shape index (κ3) is 4.20. The Morgan fingerprint density at radius 3 is 2.21 bits per heavy atom. The number of carbonyl (C=O) groups is 1. The summed E-state index contributed by atoms with van der Waals surface area (Å²) in [5.74, 6) is 0.979. The van der Waals surface area contributed by atoms with Crippen molar-refractivity contribution < 1.29 is 4.79 Å². The van der Waals surface area contributed by atoms with Gasteiger partial charge in [0.05, 0.1) is 0 Å². The topological polar surface area (TPSA) is 46.3 Å². The molecule has 0 aromatic carbocycles. The summed E-state index contributed by atoms with van der Waals surface area (Å²) in [7, 11) is 0. The molecule has 1 rings (SSSR count). The van der Waals surface area contributed by atoms with Crippen LogP contribution < -0.4 is 5.73 Å². The van der Waals surface area contributed by atoms with Gasteiger partial charge in [0.15, 0.2) is 0 Å². The van der Waals surface area contributed by atoms with Gasteiger partial charge in [0.25, 0.3) is 0 Å². The predicted molar refractivity (Wildman–Crippen MR) is 80.9 cm³/mol. The normalized spacial score (nSPS) is 18.3. The van der Waals surface area contributed by atoms with E-state index in [1.54, 1.807) is 0 Å². The standard InChI is InChI=1S/C16H32N2O/c1-13(2)12-16(8-5-6-9-16)15(19)18(14(3)4)11-7-10-17/h13-14H,5-12,17H2,1-4H3. The van der Waals surface area contributed by atoms with E-state index in [1.807, 2.05) is 0 Å². The van der Waals surface area contributed by atoms with Crippen molar-refractivity contribution in [1.29, 1.82) is 0 Å². The van der Waals surface area contributed by atoms with Crippen LogP contribution in [-0.2, 0) is 4.79 Å². The number of nitrogens with two attached hydrogens (primary N) is 1. The maximum Gasteiger partial charge on any atom is 0.229 e. The molecule has 0 saturated heterocycles. The van der Waals surface area contributed by atoms with Crippen LogP contribution in [0.4, 0.5) is 0 Å². The molecule has 112 valence electrons. The van der Waals surface area contributed by atoms with Gasteiger partial charge in [0.1, 0.15) is 0 Å². The molecule has 0 aromatic heterocycles. The molecule has 0 aliphatic heterocycles. The van der Waals surface area contributed by atoms with Gasteiger partial charge in [0.2, 0.25) is 5.91 Å². The molecule has 1 aliphatic carbocycles. The fraction of sp³-hybridized carbons (Fsp3) is 0.938. The van der Waals surface area contributed by atoms with E-state index >= 15 is 0 Å². The van der Waals surface area contributed by atoms with Crippen LogP contribution in [0.3, 0.4) is 0 Å². The molecule has 1 aliphatic rings. The van der Waals surface area contributed by atoms with Crippen LogP contribution in [0.1, 0.15) is 66.2 Å². The average Bonchev–Trinajstić information content (AvgIpc) is 2.77. The van der Waals surface area contributed by atoms with Gasteiger partial charge in [-0.15, -0.1) is 0 Å². The lowest BCUT2D eigenvalue weighted by atomic mass is 9.77. The van der Waals surface area contributed by atoms with E-state index in [1.165, 1.54) is 12.8 Å². The van der Waals surface area contributed by atoms with E-state index in [0.29, 0.717) is 18.4 Å². The van der Waals surface area contributed by atoms with E-state index in [9.17, 15) is 4.79 Å². The molecular formula is C16H32N2O. The smallest absolute Gasteiger partial charge is 0.229 e. The summed E-state index contributed by atoms with van der Waals surface area (Å²) in [5.41, 5.74) is 5.53. The van der Waals surface area contributed by atoms with E-state index in [0.717, 1.165) is 32.2 Å². The summed E-state index contributed by atoms with van der Waals surface area (Å²) in [6.07, 6.45) is 6.52. The van der Waals surface area contributed by atoms with Gasteiger partial charge in [0, 0.05) is 18.0 Å². The minimum atomic E-state index is -0.0764. The molecule has 3 heteroatoms. The van der Waals surface area contributed by atoms with Gasteiger partial charge >= 0.3 is 0 Å². The van der Waals surface area contributed by atoms with Crippen LogP contribution >= 0.6 is 0 Å². The Hall–Kier alpha value is -0.570. The monoisotopic (exact) mass is 268 g/mol. The van der Waals surface area contributed by atoms with Crippen LogP contribution in [0.5, 0.6) is 0 Å². The minimum absolute atomic E-state index is 0.0764. The largest absolute Gasteiger partial charge is 0.340 e. The molecule has 2 N–H and O–H groups in total. The van der Waals surface area contributed by atoms with Gasteiger partial charge in [-0.05, 0) is 52.0 Å². The lowest BCUT2D eigenvalue weighted by Crippen LogP contribution is -2.47. The second-order valence-corrected chi connectivity index (χ2v) is 6.82. The molecule has 3 nitrogen and oxygen atoms in total. The predicted octanol–water partition coefficient (Wildman–Crippen LogP) is 3.18. The van der Waals surface area contributed by atoms with Gasteiger partial charge in [-0.25, -0.2) is 0 Å². The number of rotatable bonds is 7. The minimum Gasteiger partial charge on any atom is -0.340 e. The zero-order valence-electron chi connectivity index (χ0n) is 13.2. The summed E-state index contributed by atoms with van der Waals surface area (Å²) in [6.45, 7) is 10.2. The van der Waals surface area contributed by atoms with E-state index in [-0.39, 0.29) is 11.5 Å². The van der Waals surface area contributed by atoms with Crippen molar-refractivity contribution in [2.24, 2.45) is 17.1 Å². The number of amides is 1. The fourth-order valence-corrected chi connectivity index (χ4v) is 3.50. The number of nitrogens with zero attached hydrogens (tertiary/aromatic N) is 1. The van der Waals surface area contributed by atoms with Crippen molar-refractivity contribution in [1.82, 2.24) is 4.90 Å². The van der Waals surface area contributed by atoms with Gasteiger partial charge in [-0.3, -0.25) is 4.79 Å². The van der Waals surface area contributed by atoms with Gasteiger partial charge in [-0.2, -0.15) is 0 Å².